The Morgan fingerprint density at radius 1 is 1.04 bits per heavy atom. The molecule has 0 saturated carbocycles. The molecule has 0 spiro atoms. The van der Waals surface area contributed by atoms with Crippen LogP contribution in [0.4, 0.5) is 0 Å². The molecule has 8 heteroatoms. The second-order valence-electron chi connectivity index (χ2n) is 6.39. The fourth-order valence-corrected chi connectivity index (χ4v) is 5.03. The number of nitrogens with one attached hydrogen (secondary N) is 1. The highest BCUT2D eigenvalue weighted by atomic mass is 32.2. The van der Waals surface area contributed by atoms with E-state index in [1.54, 1.807) is 22.5 Å². The molecule has 0 radical (unpaired) electrons. The van der Waals surface area contributed by atoms with Crippen LogP contribution >= 0.6 is 0 Å². The van der Waals surface area contributed by atoms with E-state index in [4.69, 9.17) is 9.47 Å². The van der Waals surface area contributed by atoms with E-state index in [1.165, 1.54) is 0 Å². The van der Waals surface area contributed by atoms with Gasteiger partial charge in [-0.25, -0.2) is 8.42 Å². The minimum absolute atomic E-state index is 0.280. The Kier molecular flexibility index (Phi) is 4.38. The molecule has 24 heavy (non-hydrogen) atoms. The standard InChI is InChI=1S/C16H23N3O4S/c20-24(21,14-1-2-15-16(11-14)23-10-9-22-15)19-7-5-18(6-8-19)13-3-4-17-12-13/h1-2,11,13,17H,3-10,12H2. The third kappa shape index (κ3) is 2.99. The lowest BCUT2D eigenvalue weighted by Crippen LogP contribution is -2.52. The van der Waals surface area contributed by atoms with Gasteiger partial charge in [-0.15, -0.1) is 0 Å². The summed E-state index contributed by atoms with van der Waals surface area (Å²) in [7, 11) is -3.49. The van der Waals surface area contributed by atoms with Crippen molar-refractivity contribution in [3.05, 3.63) is 18.2 Å². The second-order valence-corrected chi connectivity index (χ2v) is 8.33. The normalized spacial score (nSPS) is 25.8. The zero-order valence-electron chi connectivity index (χ0n) is 13.6. The SMILES string of the molecule is O=S(=O)(c1ccc2c(c1)OCCO2)N1CCN(C2CCNC2)CC1. The minimum atomic E-state index is -3.49. The predicted octanol–water partition coefficient (Wildman–Crippen LogP) is 0.126. The molecular weight excluding hydrogens is 330 g/mol. The molecule has 1 atom stereocenters. The van der Waals surface area contributed by atoms with E-state index in [2.05, 4.69) is 10.2 Å². The quantitative estimate of drug-likeness (QED) is 0.833. The van der Waals surface area contributed by atoms with Crippen LogP contribution in [0.2, 0.25) is 0 Å². The van der Waals surface area contributed by atoms with Crippen molar-refractivity contribution < 1.29 is 17.9 Å². The molecule has 0 aliphatic carbocycles. The maximum Gasteiger partial charge on any atom is 0.243 e. The number of hydrogen-bond acceptors (Lipinski definition) is 6. The molecule has 2 saturated heterocycles. The van der Waals surface area contributed by atoms with E-state index in [0.29, 0.717) is 43.8 Å². The average molecular weight is 353 g/mol. The molecule has 4 rings (SSSR count). The van der Waals surface area contributed by atoms with Crippen LogP contribution in [-0.4, -0.2) is 76.1 Å². The largest absolute Gasteiger partial charge is 0.486 e. The second kappa shape index (κ2) is 6.51. The molecule has 3 aliphatic rings. The van der Waals surface area contributed by atoms with Gasteiger partial charge in [0.15, 0.2) is 11.5 Å². The maximum absolute atomic E-state index is 12.9. The van der Waals surface area contributed by atoms with Crippen molar-refractivity contribution in [2.45, 2.75) is 17.4 Å². The fourth-order valence-electron chi connectivity index (χ4n) is 3.59. The first-order valence-electron chi connectivity index (χ1n) is 8.49. The van der Waals surface area contributed by atoms with Gasteiger partial charge in [-0.1, -0.05) is 0 Å². The minimum Gasteiger partial charge on any atom is -0.486 e. The number of piperazine rings is 1. The first-order chi connectivity index (χ1) is 11.6. The Hall–Kier alpha value is -1.35. The number of hydrogen-bond donors (Lipinski definition) is 1. The fraction of sp³-hybridized carbons (Fsp3) is 0.625. The summed E-state index contributed by atoms with van der Waals surface area (Å²) >= 11 is 0. The van der Waals surface area contributed by atoms with Crippen LogP contribution in [0.15, 0.2) is 23.1 Å². The van der Waals surface area contributed by atoms with E-state index in [-0.39, 0.29) is 4.90 Å². The molecule has 132 valence electrons. The maximum atomic E-state index is 12.9. The van der Waals surface area contributed by atoms with Crippen LogP contribution in [0.1, 0.15) is 6.42 Å². The Bertz CT molecular complexity index is 695. The van der Waals surface area contributed by atoms with E-state index in [1.807, 2.05) is 0 Å². The van der Waals surface area contributed by atoms with Gasteiger partial charge >= 0.3 is 0 Å². The van der Waals surface area contributed by atoms with Gasteiger partial charge in [-0.2, -0.15) is 4.31 Å². The Morgan fingerprint density at radius 2 is 1.79 bits per heavy atom. The van der Waals surface area contributed by atoms with Crippen LogP contribution in [-0.2, 0) is 10.0 Å². The first-order valence-corrected chi connectivity index (χ1v) is 9.93. The van der Waals surface area contributed by atoms with Gasteiger partial charge < -0.3 is 14.8 Å². The van der Waals surface area contributed by atoms with Gasteiger partial charge in [-0.3, -0.25) is 4.90 Å². The summed E-state index contributed by atoms with van der Waals surface area (Å²) < 4.78 is 38.3. The summed E-state index contributed by atoms with van der Waals surface area (Å²) in [4.78, 5) is 2.68. The van der Waals surface area contributed by atoms with Gasteiger partial charge in [-0.05, 0) is 25.1 Å². The topological polar surface area (TPSA) is 71.1 Å². The molecule has 3 aliphatic heterocycles. The van der Waals surface area contributed by atoms with Crippen molar-refractivity contribution in [1.82, 2.24) is 14.5 Å². The highest BCUT2D eigenvalue weighted by molar-refractivity contribution is 7.89. The van der Waals surface area contributed by atoms with Crippen molar-refractivity contribution in [2.24, 2.45) is 0 Å². The van der Waals surface area contributed by atoms with Crippen molar-refractivity contribution >= 4 is 10.0 Å². The first kappa shape index (κ1) is 16.1. The van der Waals surface area contributed by atoms with Crippen molar-refractivity contribution in [1.29, 1.82) is 0 Å². The zero-order valence-corrected chi connectivity index (χ0v) is 14.4. The van der Waals surface area contributed by atoms with E-state index in [9.17, 15) is 8.42 Å². The van der Waals surface area contributed by atoms with Crippen LogP contribution in [0.3, 0.4) is 0 Å². The summed E-state index contributed by atoms with van der Waals surface area (Å²) in [6, 6.07) is 5.42. The summed E-state index contributed by atoms with van der Waals surface area (Å²) in [5.74, 6) is 1.12. The summed E-state index contributed by atoms with van der Waals surface area (Å²) in [6.07, 6.45) is 1.15. The Balaban J connectivity index is 1.47. The van der Waals surface area contributed by atoms with E-state index in [0.717, 1.165) is 32.6 Å². The van der Waals surface area contributed by atoms with Gasteiger partial charge in [0.2, 0.25) is 10.0 Å². The highest BCUT2D eigenvalue weighted by Gasteiger charge is 2.32. The van der Waals surface area contributed by atoms with Gasteiger partial charge in [0.05, 0.1) is 4.90 Å². The molecule has 2 fully saturated rings. The van der Waals surface area contributed by atoms with E-state index < -0.39 is 10.0 Å². The van der Waals surface area contributed by atoms with Crippen LogP contribution in [0, 0.1) is 0 Å². The summed E-state index contributed by atoms with van der Waals surface area (Å²) in [5.41, 5.74) is 0. The summed E-state index contributed by atoms with van der Waals surface area (Å²) in [5, 5.41) is 3.37. The molecule has 3 heterocycles. The Labute approximate surface area is 142 Å². The van der Waals surface area contributed by atoms with Crippen LogP contribution in [0.5, 0.6) is 11.5 Å². The van der Waals surface area contributed by atoms with Crippen molar-refractivity contribution in [3.8, 4) is 11.5 Å². The lowest BCUT2D eigenvalue weighted by molar-refractivity contribution is 0.145. The number of fused-ring (bicyclic) bond motifs is 1. The number of sulfonamides is 1. The van der Waals surface area contributed by atoms with Gasteiger partial charge in [0, 0.05) is 44.8 Å². The highest BCUT2D eigenvalue weighted by Crippen LogP contribution is 2.33. The molecule has 0 bridgehead atoms. The molecule has 1 N–H and O–H groups in total. The van der Waals surface area contributed by atoms with Gasteiger partial charge in [0.1, 0.15) is 13.2 Å². The number of ether oxygens (including phenoxy) is 2. The zero-order chi connectivity index (χ0) is 16.6. The summed E-state index contributed by atoms with van der Waals surface area (Å²) in [6.45, 7) is 5.66. The predicted molar refractivity (Wildman–Crippen MR) is 89.0 cm³/mol. The van der Waals surface area contributed by atoms with Gasteiger partial charge in [0.25, 0.3) is 0 Å². The Morgan fingerprint density at radius 3 is 2.50 bits per heavy atom. The number of nitrogens with zero attached hydrogens (tertiary/aromatic N) is 2. The lowest BCUT2D eigenvalue weighted by Gasteiger charge is -2.37. The molecule has 0 aromatic heterocycles. The molecule has 1 unspecified atom stereocenters. The van der Waals surface area contributed by atoms with Crippen molar-refractivity contribution in [2.75, 3.05) is 52.5 Å². The van der Waals surface area contributed by atoms with E-state index >= 15 is 0 Å². The van der Waals surface area contributed by atoms with Crippen molar-refractivity contribution in [3.63, 3.8) is 0 Å². The average Bonchev–Trinajstić information content (AvgIpc) is 3.16. The third-order valence-corrected chi connectivity index (χ3v) is 6.87. The molecule has 1 aromatic carbocycles. The molecular formula is C16H23N3O4S. The molecule has 1 aromatic rings. The molecule has 7 nitrogen and oxygen atoms in total. The monoisotopic (exact) mass is 353 g/mol. The smallest absolute Gasteiger partial charge is 0.243 e. The number of benzene rings is 1. The molecule has 0 amide bonds. The van der Waals surface area contributed by atoms with Crippen LogP contribution < -0.4 is 14.8 Å². The number of rotatable bonds is 3. The lowest BCUT2D eigenvalue weighted by atomic mass is 10.2. The third-order valence-electron chi connectivity index (χ3n) is 4.98. The van der Waals surface area contributed by atoms with Crippen LogP contribution in [0.25, 0.3) is 0 Å².